The highest BCUT2D eigenvalue weighted by Gasteiger charge is 2.49. The van der Waals surface area contributed by atoms with Crippen molar-refractivity contribution in [2.45, 2.75) is 12.5 Å². The number of benzene rings is 3. The van der Waals surface area contributed by atoms with Gasteiger partial charge in [-0.15, -0.1) is 0 Å². The lowest BCUT2D eigenvalue weighted by atomic mass is 9.90. The molecule has 1 saturated heterocycles. The molecule has 7 heteroatoms. The van der Waals surface area contributed by atoms with Crippen LogP contribution in [0.1, 0.15) is 12.5 Å². The fourth-order valence-corrected chi connectivity index (χ4v) is 3.64. The number of carbonyl (C=O) groups excluding carboxylic acids is 3. The molecule has 0 bridgehead atoms. The third-order valence-corrected chi connectivity index (χ3v) is 5.25. The summed E-state index contributed by atoms with van der Waals surface area (Å²) in [5.41, 5.74) is -0.0867. The van der Waals surface area contributed by atoms with Gasteiger partial charge in [-0.05, 0) is 47.5 Å². The molecule has 0 aromatic heterocycles. The number of carbonyl (C=O) groups is 3. The molecule has 4 rings (SSSR count). The second kappa shape index (κ2) is 7.22. The van der Waals surface area contributed by atoms with Crippen molar-refractivity contribution < 1.29 is 14.4 Å². The Morgan fingerprint density at radius 2 is 1.79 bits per heavy atom. The van der Waals surface area contributed by atoms with E-state index in [9.17, 15) is 14.4 Å². The molecule has 3 aromatic rings. The zero-order chi connectivity index (χ0) is 20.6. The zero-order valence-corrected chi connectivity index (χ0v) is 16.4. The third kappa shape index (κ3) is 3.54. The highest BCUT2D eigenvalue weighted by Crippen LogP contribution is 2.31. The van der Waals surface area contributed by atoms with Crippen LogP contribution in [-0.2, 0) is 15.1 Å². The molecule has 0 spiro atoms. The minimum Gasteiger partial charge on any atom is -0.324 e. The number of nitrogens with zero attached hydrogens (tertiary/aromatic N) is 1. The van der Waals surface area contributed by atoms with E-state index in [1.807, 2.05) is 42.5 Å². The topological polar surface area (TPSA) is 78.5 Å². The number of anilines is 1. The first-order valence-electron chi connectivity index (χ1n) is 9.06. The first-order chi connectivity index (χ1) is 13.9. The molecule has 29 heavy (non-hydrogen) atoms. The number of rotatable bonds is 4. The molecule has 4 amide bonds. The lowest BCUT2D eigenvalue weighted by molar-refractivity contribution is -0.133. The van der Waals surface area contributed by atoms with Gasteiger partial charge in [0, 0.05) is 10.7 Å². The predicted molar refractivity (Wildman–Crippen MR) is 112 cm³/mol. The second-order valence-electron chi connectivity index (χ2n) is 7.07. The molecule has 1 unspecified atom stereocenters. The maximum absolute atomic E-state index is 13.1. The first-order valence-corrected chi connectivity index (χ1v) is 9.43. The fourth-order valence-electron chi connectivity index (χ4n) is 3.45. The molecule has 3 aromatic carbocycles. The molecule has 1 aliphatic rings. The van der Waals surface area contributed by atoms with Gasteiger partial charge in [-0.2, -0.15) is 0 Å². The van der Waals surface area contributed by atoms with Crippen molar-refractivity contribution >= 4 is 45.9 Å². The fraction of sp³-hybridized carbons (Fsp3) is 0.136. The quantitative estimate of drug-likeness (QED) is 0.644. The largest absolute Gasteiger partial charge is 0.325 e. The maximum Gasteiger partial charge on any atom is 0.325 e. The Kier molecular flexibility index (Phi) is 4.72. The first kappa shape index (κ1) is 19.0. The highest BCUT2D eigenvalue weighted by molar-refractivity contribution is 6.30. The Morgan fingerprint density at radius 3 is 2.55 bits per heavy atom. The Hall–Kier alpha value is -3.38. The van der Waals surface area contributed by atoms with Crippen LogP contribution >= 0.6 is 11.6 Å². The summed E-state index contributed by atoms with van der Waals surface area (Å²) >= 11 is 5.91. The Bertz CT molecular complexity index is 1150. The monoisotopic (exact) mass is 407 g/mol. The van der Waals surface area contributed by atoms with Crippen LogP contribution in [0, 0.1) is 0 Å². The van der Waals surface area contributed by atoms with Crippen LogP contribution in [0.25, 0.3) is 10.8 Å². The summed E-state index contributed by atoms with van der Waals surface area (Å²) in [6, 6.07) is 19.4. The summed E-state index contributed by atoms with van der Waals surface area (Å²) in [6.07, 6.45) is 0. The molecule has 0 aliphatic carbocycles. The lowest BCUT2D eigenvalue weighted by Gasteiger charge is -2.22. The van der Waals surface area contributed by atoms with Gasteiger partial charge in [-0.1, -0.05) is 54.1 Å². The number of urea groups is 1. The van der Waals surface area contributed by atoms with E-state index in [1.54, 1.807) is 31.2 Å². The minimum atomic E-state index is -1.24. The SMILES string of the molecule is CC1(c2ccc3ccccc3c2)NC(=O)N(CC(=O)Nc2cccc(Cl)c2)C1=O. The van der Waals surface area contributed by atoms with E-state index in [0.717, 1.165) is 15.7 Å². The van der Waals surface area contributed by atoms with Gasteiger partial charge in [-0.3, -0.25) is 14.5 Å². The smallest absolute Gasteiger partial charge is 0.324 e. The third-order valence-electron chi connectivity index (χ3n) is 5.01. The molecule has 6 nitrogen and oxygen atoms in total. The summed E-state index contributed by atoms with van der Waals surface area (Å²) < 4.78 is 0. The van der Waals surface area contributed by atoms with Gasteiger partial charge < -0.3 is 10.6 Å². The van der Waals surface area contributed by atoms with Crippen LogP contribution < -0.4 is 10.6 Å². The van der Waals surface area contributed by atoms with E-state index < -0.39 is 23.4 Å². The van der Waals surface area contributed by atoms with Crippen molar-refractivity contribution in [2.75, 3.05) is 11.9 Å². The molecule has 2 N–H and O–H groups in total. The summed E-state index contributed by atoms with van der Waals surface area (Å²) in [5, 5.41) is 7.84. The van der Waals surface area contributed by atoms with Crippen LogP contribution in [0.15, 0.2) is 66.7 Å². The van der Waals surface area contributed by atoms with Gasteiger partial charge in [0.2, 0.25) is 5.91 Å². The van der Waals surface area contributed by atoms with Crippen molar-refractivity contribution in [3.8, 4) is 0 Å². The average molecular weight is 408 g/mol. The Balaban J connectivity index is 1.55. The van der Waals surface area contributed by atoms with Gasteiger partial charge in [0.05, 0.1) is 0 Å². The number of fused-ring (bicyclic) bond motifs is 1. The number of hydrogen-bond donors (Lipinski definition) is 2. The minimum absolute atomic E-state index is 0.389. The zero-order valence-electron chi connectivity index (χ0n) is 15.6. The van der Waals surface area contributed by atoms with Crippen molar-refractivity contribution in [2.24, 2.45) is 0 Å². The Labute approximate surface area is 172 Å². The van der Waals surface area contributed by atoms with Gasteiger partial charge in [0.1, 0.15) is 12.1 Å². The van der Waals surface area contributed by atoms with E-state index in [2.05, 4.69) is 10.6 Å². The van der Waals surface area contributed by atoms with E-state index >= 15 is 0 Å². The summed E-state index contributed by atoms with van der Waals surface area (Å²) in [6.45, 7) is 1.26. The van der Waals surface area contributed by atoms with E-state index in [0.29, 0.717) is 16.3 Å². The molecule has 146 valence electrons. The molecule has 1 atom stereocenters. The summed E-state index contributed by atoms with van der Waals surface area (Å²) in [7, 11) is 0. The van der Waals surface area contributed by atoms with E-state index in [1.165, 1.54) is 0 Å². The van der Waals surface area contributed by atoms with Crippen LogP contribution in [0.5, 0.6) is 0 Å². The van der Waals surface area contributed by atoms with Crippen molar-refractivity contribution in [1.29, 1.82) is 0 Å². The van der Waals surface area contributed by atoms with Crippen molar-refractivity contribution in [3.63, 3.8) is 0 Å². The average Bonchev–Trinajstić information content (AvgIpc) is 2.91. The molecular formula is C22H18ClN3O3. The van der Waals surface area contributed by atoms with Crippen LogP contribution in [-0.4, -0.2) is 29.3 Å². The summed E-state index contributed by atoms with van der Waals surface area (Å²) in [4.78, 5) is 38.8. The van der Waals surface area contributed by atoms with Crippen LogP contribution in [0.3, 0.4) is 0 Å². The predicted octanol–water partition coefficient (Wildman–Crippen LogP) is 3.90. The number of hydrogen-bond acceptors (Lipinski definition) is 3. The van der Waals surface area contributed by atoms with E-state index in [-0.39, 0.29) is 6.54 Å². The normalized spacial score (nSPS) is 18.8. The molecular weight excluding hydrogens is 390 g/mol. The van der Waals surface area contributed by atoms with Crippen molar-refractivity contribution in [1.82, 2.24) is 10.2 Å². The van der Waals surface area contributed by atoms with Gasteiger partial charge in [0.25, 0.3) is 5.91 Å². The Morgan fingerprint density at radius 1 is 1.03 bits per heavy atom. The lowest BCUT2D eigenvalue weighted by Crippen LogP contribution is -2.42. The van der Waals surface area contributed by atoms with Crippen LogP contribution in [0.2, 0.25) is 5.02 Å². The molecule has 0 saturated carbocycles. The number of imide groups is 1. The highest BCUT2D eigenvalue weighted by atomic mass is 35.5. The number of amides is 4. The molecule has 0 radical (unpaired) electrons. The van der Waals surface area contributed by atoms with Crippen molar-refractivity contribution in [3.05, 3.63) is 77.3 Å². The van der Waals surface area contributed by atoms with Gasteiger partial charge in [-0.25, -0.2) is 4.79 Å². The maximum atomic E-state index is 13.1. The number of nitrogens with one attached hydrogen (secondary N) is 2. The molecule has 1 heterocycles. The van der Waals surface area contributed by atoms with Gasteiger partial charge in [0.15, 0.2) is 0 Å². The summed E-state index contributed by atoms with van der Waals surface area (Å²) in [5.74, 6) is -0.961. The number of halogens is 1. The standard InChI is InChI=1S/C22H18ClN3O3/c1-22(16-10-9-14-5-2-3-6-15(14)11-16)20(28)26(21(29)25-22)13-19(27)24-18-8-4-7-17(23)12-18/h2-12H,13H2,1H3,(H,24,27)(H,25,29). The van der Waals surface area contributed by atoms with Crippen LogP contribution in [0.4, 0.5) is 10.5 Å². The second-order valence-corrected chi connectivity index (χ2v) is 7.50. The molecule has 1 aliphatic heterocycles. The van der Waals surface area contributed by atoms with Gasteiger partial charge >= 0.3 is 6.03 Å². The van der Waals surface area contributed by atoms with E-state index in [4.69, 9.17) is 11.6 Å². The molecule has 1 fully saturated rings.